The van der Waals surface area contributed by atoms with Crippen LogP contribution in [-0.2, 0) is 22.7 Å². The Morgan fingerprint density at radius 3 is 2.61 bits per heavy atom. The minimum absolute atomic E-state index is 0.00756. The fourth-order valence-corrected chi connectivity index (χ4v) is 4.61. The highest BCUT2D eigenvalue weighted by molar-refractivity contribution is 6.30. The van der Waals surface area contributed by atoms with Crippen LogP contribution in [0.25, 0.3) is 0 Å². The average molecular weight is 599 g/mol. The lowest BCUT2D eigenvalue weighted by Gasteiger charge is -2.21. The molecule has 41 heavy (non-hydrogen) atoms. The zero-order valence-electron chi connectivity index (χ0n) is 23.1. The first kappa shape index (κ1) is 33.7. The second kappa shape index (κ2) is 17.3. The molecular formula is C28H38ClF3N6O3. The normalized spacial score (nSPS) is 14.4. The molecule has 1 aliphatic carbocycles. The van der Waals surface area contributed by atoms with E-state index in [4.69, 9.17) is 23.2 Å². The molecule has 9 nitrogen and oxygen atoms in total. The Morgan fingerprint density at radius 2 is 1.95 bits per heavy atom. The van der Waals surface area contributed by atoms with E-state index in [9.17, 15) is 27.6 Å². The predicted octanol–water partition coefficient (Wildman–Crippen LogP) is 4.35. The van der Waals surface area contributed by atoms with Gasteiger partial charge in [0, 0.05) is 48.2 Å². The van der Waals surface area contributed by atoms with E-state index in [0.717, 1.165) is 35.3 Å². The van der Waals surface area contributed by atoms with Crippen molar-refractivity contribution in [1.82, 2.24) is 14.9 Å². The zero-order valence-corrected chi connectivity index (χ0v) is 23.8. The molecule has 1 aromatic carbocycles. The van der Waals surface area contributed by atoms with Crippen molar-refractivity contribution < 1.29 is 22.8 Å². The summed E-state index contributed by atoms with van der Waals surface area (Å²) in [7, 11) is 0. The molecule has 0 bridgehead atoms. The number of aromatic nitrogens is 1. The van der Waals surface area contributed by atoms with Gasteiger partial charge in [-0.2, -0.15) is 4.39 Å². The topological polar surface area (TPSA) is 135 Å². The first-order chi connectivity index (χ1) is 19.5. The van der Waals surface area contributed by atoms with Crippen molar-refractivity contribution in [2.24, 2.45) is 17.5 Å². The number of rotatable bonds is 12. The standard InChI is InChI=1S/C20H31F2N5O2.C8H7ClFNO/c1-14(23)12-27(24)13-16(21)7-9-26-10-8-17(19(22)20(26)29)25-18(28)11-15-5-3-2-4-6-15;9-7-1-2-8(10)6(3-7)4-11-5-12/h8,10,12,15-16H,2-7,9,11,13,23-24H2,1H3,(H,25,28);1-3,5H,4H2,(H,11,12)/b14-12-;. The summed E-state index contributed by atoms with van der Waals surface area (Å²) in [6, 6.07) is 5.54. The molecule has 1 heterocycles. The number of carbonyl (C=O) groups excluding carboxylic acids is 2. The molecule has 0 aliphatic heterocycles. The molecule has 0 radical (unpaired) electrons. The van der Waals surface area contributed by atoms with Gasteiger partial charge in [-0.3, -0.25) is 14.4 Å². The Kier molecular flexibility index (Phi) is 14.2. The van der Waals surface area contributed by atoms with Crippen molar-refractivity contribution in [3.05, 3.63) is 74.9 Å². The first-order valence-electron chi connectivity index (χ1n) is 13.4. The van der Waals surface area contributed by atoms with Crippen LogP contribution < -0.4 is 27.8 Å². The van der Waals surface area contributed by atoms with E-state index in [0.29, 0.717) is 35.0 Å². The van der Waals surface area contributed by atoms with E-state index >= 15 is 0 Å². The Morgan fingerprint density at radius 1 is 1.24 bits per heavy atom. The number of hydrogen-bond acceptors (Lipinski definition) is 6. The lowest BCUT2D eigenvalue weighted by Crippen LogP contribution is -2.34. The Labute approximate surface area is 242 Å². The zero-order chi connectivity index (χ0) is 30.4. The molecule has 0 spiro atoms. The molecule has 1 aromatic heterocycles. The van der Waals surface area contributed by atoms with E-state index in [1.54, 1.807) is 6.92 Å². The van der Waals surface area contributed by atoms with Crippen LogP contribution in [0.3, 0.4) is 0 Å². The number of pyridine rings is 1. The highest BCUT2D eigenvalue weighted by atomic mass is 35.5. The highest BCUT2D eigenvalue weighted by Crippen LogP contribution is 2.26. The summed E-state index contributed by atoms with van der Waals surface area (Å²) in [6.07, 6.45) is 7.70. The summed E-state index contributed by atoms with van der Waals surface area (Å²) in [5.74, 6) is 4.22. The summed E-state index contributed by atoms with van der Waals surface area (Å²) >= 11 is 5.61. The second-order valence-corrected chi connectivity index (χ2v) is 10.4. The van der Waals surface area contributed by atoms with Gasteiger partial charge in [0.05, 0.1) is 12.2 Å². The molecule has 1 saturated carbocycles. The van der Waals surface area contributed by atoms with Gasteiger partial charge in [0.25, 0.3) is 5.56 Å². The molecule has 226 valence electrons. The van der Waals surface area contributed by atoms with Crippen molar-refractivity contribution in [2.75, 3.05) is 11.9 Å². The van der Waals surface area contributed by atoms with Crippen molar-refractivity contribution in [2.45, 2.75) is 71.1 Å². The molecule has 3 rings (SSSR count). The maximum atomic E-state index is 14.4. The summed E-state index contributed by atoms with van der Waals surface area (Å²) in [5.41, 5.74) is 5.27. The van der Waals surface area contributed by atoms with Crippen LogP contribution in [0, 0.1) is 17.6 Å². The van der Waals surface area contributed by atoms with E-state index in [-0.39, 0.29) is 43.5 Å². The van der Waals surface area contributed by atoms with Crippen LogP contribution in [-0.4, -0.2) is 34.6 Å². The predicted molar refractivity (Wildman–Crippen MR) is 153 cm³/mol. The smallest absolute Gasteiger partial charge is 0.288 e. The number of hydrazine groups is 1. The van der Waals surface area contributed by atoms with Crippen LogP contribution >= 0.6 is 11.6 Å². The van der Waals surface area contributed by atoms with E-state index < -0.39 is 17.5 Å². The molecule has 13 heteroatoms. The maximum Gasteiger partial charge on any atom is 0.288 e. The SMILES string of the molecule is C/C(N)=C/N(N)CC(F)CCn1ccc(NC(=O)CC2CCCCC2)c(F)c1=O.O=CNCc1cc(Cl)ccc1F. The number of anilines is 1. The molecule has 1 atom stereocenters. The fraction of sp³-hybridized carbons (Fsp3) is 0.464. The van der Waals surface area contributed by atoms with Crippen molar-refractivity contribution >= 4 is 29.6 Å². The van der Waals surface area contributed by atoms with Gasteiger partial charge in [0.1, 0.15) is 12.0 Å². The Hall–Kier alpha value is -3.51. The molecule has 6 N–H and O–H groups in total. The highest BCUT2D eigenvalue weighted by Gasteiger charge is 2.19. The van der Waals surface area contributed by atoms with Crippen molar-refractivity contribution in [3.8, 4) is 0 Å². The number of halogens is 4. The van der Waals surface area contributed by atoms with Gasteiger partial charge in [0.15, 0.2) is 0 Å². The number of alkyl halides is 1. The third kappa shape index (κ3) is 12.3. The third-order valence-corrected chi connectivity index (χ3v) is 6.66. The van der Waals surface area contributed by atoms with Crippen LogP contribution in [0.1, 0.15) is 57.4 Å². The number of nitrogens with two attached hydrogens (primary N) is 2. The minimum Gasteiger partial charge on any atom is -0.401 e. The molecule has 1 aliphatic rings. The fourth-order valence-electron chi connectivity index (χ4n) is 4.42. The van der Waals surface area contributed by atoms with Gasteiger partial charge in [-0.1, -0.05) is 30.9 Å². The van der Waals surface area contributed by atoms with Crippen LogP contribution in [0.5, 0.6) is 0 Å². The number of hydrogen-bond donors (Lipinski definition) is 4. The van der Waals surface area contributed by atoms with Gasteiger partial charge in [0.2, 0.25) is 18.1 Å². The Bertz CT molecular complexity index is 1230. The largest absolute Gasteiger partial charge is 0.401 e. The number of aryl methyl sites for hydroxylation is 1. The number of carbonyl (C=O) groups is 2. The van der Waals surface area contributed by atoms with Crippen molar-refractivity contribution in [1.29, 1.82) is 0 Å². The van der Waals surface area contributed by atoms with E-state index in [2.05, 4.69) is 10.6 Å². The molecule has 2 aromatic rings. The maximum absolute atomic E-state index is 14.4. The first-order valence-corrected chi connectivity index (χ1v) is 13.8. The van der Waals surface area contributed by atoms with Gasteiger partial charge in [-0.15, -0.1) is 0 Å². The monoisotopic (exact) mass is 598 g/mol. The molecular weight excluding hydrogens is 561 g/mol. The average Bonchev–Trinajstić information content (AvgIpc) is 2.91. The van der Waals surface area contributed by atoms with E-state index in [1.807, 2.05) is 0 Å². The van der Waals surface area contributed by atoms with Gasteiger partial charge < -0.3 is 25.9 Å². The molecule has 1 fully saturated rings. The van der Waals surface area contributed by atoms with Gasteiger partial charge >= 0.3 is 0 Å². The quantitative estimate of drug-likeness (QED) is 0.163. The summed E-state index contributed by atoms with van der Waals surface area (Å²) < 4.78 is 42.4. The number of allylic oxidation sites excluding steroid dienone is 1. The van der Waals surface area contributed by atoms with Crippen molar-refractivity contribution in [3.63, 3.8) is 0 Å². The van der Waals surface area contributed by atoms with Crippen LogP contribution in [0.4, 0.5) is 18.9 Å². The number of amides is 2. The number of nitrogens with one attached hydrogen (secondary N) is 2. The minimum atomic E-state index is -1.32. The van der Waals surface area contributed by atoms with E-state index in [1.165, 1.54) is 43.1 Å². The van der Waals surface area contributed by atoms with Gasteiger partial charge in [-0.05, 0) is 56.4 Å². The molecule has 2 amide bonds. The summed E-state index contributed by atoms with van der Waals surface area (Å²) in [5, 5.41) is 6.44. The molecule has 1 unspecified atom stereocenters. The number of nitrogens with zero attached hydrogens (tertiary/aromatic N) is 2. The second-order valence-electron chi connectivity index (χ2n) is 9.99. The lowest BCUT2D eigenvalue weighted by molar-refractivity contribution is -0.117. The van der Waals surface area contributed by atoms with Crippen LogP contribution in [0.2, 0.25) is 5.02 Å². The van der Waals surface area contributed by atoms with Crippen LogP contribution in [0.15, 0.2) is 47.2 Å². The summed E-state index contributed by atoms with van der Waals surface area (Å²) in [6.45, 7) is 1.69. The van der Waals surface area contributed by atoms with Gasteiger partial charge in [-0.25, -0.2) is 14.6 Å². The molecule has 0 saturated heterocycles. The number of benzene rings is 1. The lowest BCUT2D eigenvalue weighted by atomic mass is 9.87. The Balaban J connectivity index is 0.000000408. The summed E-state index contributed by atoms with van der Waals surface area (Å²) in [4.78, 5) is 34.3. The third-order valence-electron chi connectivity index (χ3n) is 6.42.